The molecular formula is C20H20BrN3O4. The molecule has 0 aromatic heterocycles. The van der Waals surface area contributed by atoms with E-state index in [4.69, 9.17) is 9.47 Å². The van der Waals surface area contributed by atoms with E-state index in [0.717, 1.165) is 10.0 Å². The number of nitrogens with one attached hydrogen (secondary N) is 2. The Labute approximate surface area is 171 Å². The maximum Gasteiger partial charge on any atom is 0.259 e. The standard InChI is InChI=1S/C20H20BrN3O4/c1-27-17-6-4-3-5-14(17)7-10-19(25)22-13-20(26)24-23-12-15-11-16(21)8-9-18(15)28-2/h3-12H,13H2,1-2H3,(H,22,25)(H,24,26)/b10-7+,23-12+. The topological polar surface area (TPSA) is 89.0 Å². The molecule has 0 unspecified atom stereocenters. The molecule has 0 aliphatic heterocycles. The highest BCUT2D eigenvalue weighted by Crippen LogP contribution is 2.21. The van der Waals surface area contributed by atoms with Gasteiger partial charge in [-0.05, 0) is 30.3 Å². The van der Waals surface area contributed by atoms with E-state index in [1.165, 1.54) is 12.3 Å². The number of rotatable bonds is 8. The predicted octanol–water partition coefficient (Wildman–Crippen LogP) is 2.75. The minimum Gasteiger partial charge on any atom is -0.496 e. The van der Waals surface area contributed by atoms with Gasteiger partial charge in [-0.1, -0.05) is 34.1 Å². The summed E-state index contributed by atoms with van der Waals surface area (Å²) in [5.74, 6) is 0.417. The second kappa shape index (κ2) is 10.9. The van der Waals surface area contributed by atoms with Crippen molar-refractivity contribution in [2.24, 2.45) is 5.10 Å². The van der Waals surface area contributed by atoms with Crippen LogP contribution in [0, 0.1) is 0 Å². The molecule has 8 heteroatoms. The molecule has 0 fully saturated rings. The summed E-state index contributed by atoms with van der Waals surface area (Å²) in [6.45, 7) is -0.206. The van der Waals surface area contributed by atoms with Gasteiger partial charge >= 0.3 is 0 Å². The Hall–Kier alpha value is -3.13. The van der Waals surface area contributed by atoms with E-state index in [9.17, 15) is 9.59 Å². The largest absolute Gasteiger partial charge is 0.496 e. The van der Waals surface area contributed by atoms with Crippen molar-refractivity contribution in [2.45, 2.75) is 0 Å². The lowest BCUT2D eigenvalue weighted by Crippen LogP contribution is -2.34. The second-order valence-corrected chi connectivity index (χ2v) is 6.39. The Kier molecular flexibility index (Phi) is 8.23. The zero-order valence-corrected chi connectivity index (χ0v) is 17.0. The van der Waals surface area contributed by atoms with Crippen LogP contribution in [0.15, 0.2) is 58.1 Å². The number of hydrogen-bond acceptors (Lipinski definition) is 5. The van der Waals surface area contributed by atoms with Crippen LogP contribution < -0.4 is 20.2 Å². The van der Waals surface area contributed by atoms with Crippen molar-refractivity contribution >= 4 is 40.0 Å². The molecular weight excluding hydrogens is 426 g/mol. The molecule has 2 aromatic carbocycles. The van der Waals surface area contributed by atoms with Gasteiger partial charge in [0.1, 0.15) is 11.5 Å². The number of ether oxygens (including phenoxy) is 2. The van der Waals surface area contributed by atoms with Crippen molar-refractivity contribution in [3.63, 3.8) is 0 Å². The number of carbonyl (C=O) groups is 2. The first kappa shape index (κ1) is 21.2. The number of hydrazone groups is 1. The van der Waals surface area contributed by atoms with E-state index in [2.05, 4.69) is 31.8 Å². The molecule has 0 radical (unpaired) electrons. The zero-order valence-electron chi connectivity index (χ0n) is 15.4. The number of carbonyl (C=O) groups excluding carboxylic acids is 2. The lowest BCUT2D eigenvalue weighted by Gasteiger charge is -2.05. The molecule has 2 aromatic rings. The number of methoxy groups -OCH3 is 2. The minimum absolute atomic E-state index is 0.206. The quantitative estimate of drug-likeness (QED) is 0.371. The normalized spacial score (nSPS) is 10.8. The average Bonchev–Trinajstić information content (AvgIpc) is 2.71. The summed E-state index contributed by atoms with van der Waals surface area (Å²) in [5, 5.41) is 6.36. The number of halogens is 1. The molecule has 2 amide bonds. The highest BCUT2D eigenvalue weighted by Gasteiger charge is 2.04. The minimum atomic E-state index is -0.454. The van der Waals surface area contributed by atoms with Gasteiger partial charge in [-0.2, -0.15) is 5.10 Å². The van der Waals surface area contributed by atoms with Crippen LogP contribution in [0.2, 0.25) is 0 Å². The van der Waals surface area contributed by atoms with Crippen LogP contribution in [-0.2, 0) is 9.59 Å². The predicted molar refractivity (Wildman–Crippen MR) is 111 cm³/mol. The first-order valence-corrected chi connectivity index (χ1v) is 9.07. The van der Waals surface area contributed by atoms with Gasteiger partial charge in [0.15, 0.2) is 0 Å². The fourth-order valence-electron chi connectivity index (χ4n) is 2.22. The van der Waals surface area contributed by atoms with Crippen LogP contribution in [0.3, 0.4) is 0 Å². The molecule has 0 spiro atoms. The van der Waals surface area contributed by atoms with Gasteiger partial charge in [0.05, 0.1) is 27.0 Å². The summed E-state index contributed by atoms with van der Waals surface area (Å²) in [6, 6.07) is 12.7. The second-order valence-electron chi connectivity index (χ2n) is 5.47. The molecule has 0 saturated carbocycles. The van der Waals surface area contributed by atoms with Crippen molar-refractivity contribution in [1.82, 2.24) is 10.7 Å². The fourth-order valence-corrected chi connectivity index (χ4v) is 2.59. The summed E-state index contributed by atoms with van der Waals surface area (Å²) in [4.78, 5) is 23.7. The van der Waals surface area contributed by atoms with Crippen molar-refractivity contribution in [3.8, 4) is 11.5 Å². The molecule has 28 heavy (non-hydrogen) atoms. The van der Waals surface area contributed by atoms with E-state index in [0.29, 0.717) is 17.1 Å². The first-order chi connectivity index (χ1) is 13.5. The van der Waals surface area contributed by atoms with Gasteiger partial charge in [0, 0.05) is 21.7 Å². The summed E-state index contributed by atoms with van der Waals surface area (Å²) < 4.78 is 11.3. The fraction of sp³-hybridized carbons (Fsp3) is 0.150. The van der Waals surface area contributed by atoms with E-state index >= 15 is 0 Å². The van der Waals surface area contributed by atoms with Gasteiger partial charge in [-0.25, -0.2) is 5.43 Å². The van der Waals surface area contributed by atoms with Gasteiger partial charge in [-0.15, -0.1) is 0 Å². The van der Waals surface area contributed by atoms with Crippen LogP contribution in [0.1, 0.15) is 11.1 Å². The maximum atomic E-state index is 11.9. The molecule has 0 saturated heterocycles. The molecule has 2 rings (SSSR count). The summed E-state index contributed by atoms with van der Waals surface area (Å²) in [6.07, 6.45) is 4.41. The van der Waals surface area contributed by atoms with E-state index in [-0.39, 0.29) is 6.54 Å². The average molecular weight is 446 g/mol. The molecule has 7 nitrogen and oxygen atoms in total. The molecule has 146 valence electrons. The summed E-state index contributed by atoms with van der Waals surface area (Å²) >= 11 is 3.36. The first-order valence-electron chi connectivity index (χ1n) is 8.28. The van der Waals surface area contributed by atoms with Gasteiger partial charge in [0.2, 0.25) is 5.91 Å². The highest BCUT2D eigenvalue weighted by molar-refractivity contribution is 9.10. The molecule has 0 heterocycles. The Balaban J connectivity index is 1.83. The van der Waals surface area contributed by atoms with Gasteiger partial charge in [0.25, 0.3) is 5.91 Å². The van der Waals surface area contributed by atoms with Crippen LogP contribution >= 0.6 is 15.9 Å². The third-order valence-corrected chi connectivity index (χ3v) is 4.05. The Bertz CT molecular complexity index is 897. The smallest absolute Gasteiger partial charge is 0.259 e. The number of benzene rings is 2. The Morgan fingerprint density at radius 1 is 1.07 bits per heavy atom. The number of nitrogens with zero attached hydrogens (tertiary/aromatic N) is 1. The molecule has 0 aliphatic rings. The van der Waals surface area contributed by atoms with Crippen molar-refractivity contribution < 1.29 is 19.1 Å². The molecule has 2 N–H and O–H groups in total. The van der Waals surface area contributed by atoms with Crippen LogP contribution in [0.5, 0.6) is 11.5 Å². The number of amides is 2. The SMILES string of the molecule is COc1ccccc1/C=C/C(=O)NCC(=O)N/N=C/c1cc(Br)ccc1OC. The molecule has 0 atom stereocenters. The van der Waals surface area contributed by atoms with Gasteiger partial charge < -0.3 is 14.8 Å². The molecule has 0 bridgehead atoms. The van der Waals surface area contributed by atoms with Crippen LogP contribution in [-0.4, -0.2) is 38.8 Å². The van der Waals surface area contributed by atoms with E-state index in [1.807, 2.05) is 24.3 Å². The summed E-state index contributed by atoms with van der Waals surface area (Å²) in [7, 11) is 3.11. The van der Waals surface area contributed by atoms with Crippen molar-refractivity contribution in [1.29, 1.82) is 0 Å². The number of hydrogen-bond donors (Lipinski definition) is 2. The number of para-hydroxylation sites is 1. The van der Waals surface area contributed by atoms with E-state index in [1.54, 1.807) is 38.5 Å². The molecule has 0 aliphatic carbocycles. The van der Waals surface area contributed by atoms with Crippen LogP contribution in [0.25, 0.3) is 6.08 Å². The highest BCUT2D eigenvalue weighted by atomic mass is 79.9. The third kappa shape index (κ3) is 6.55. The Morgan fingerprint density at radius 3 is 2.54 bits per heavy atom. The van der Waals surface area contributed by atoms with Crippen LogP contribution in [0.4, 0.5) is 0 Å². The van der Waals surface area contributed by atoms with E-state index < -0.39 is 11.8 Å². The summed E-state index contributed by atoms with van der Waals surface area (Å²) in [5.41, 5.74) is 3.81. The Morgan fingerprint density at radius 2 is 1.79 bits per heavy atom. The lowest BCUT2D eigenvalue weighted by atomic mass is 10.2. The zero-order chi connectivity index (χ0) is 20.4. The third-order valence-electron chi connectivity index (χ3n) is 3.56. The van der Waals surface area contributed by atoms with Crippen molar-refractivity contribution in [2.75, 3.05) is 20.8 Å². The van der Waals surface area contributed by atoms with Crippen molar-refractivity contribution in [3.05, 3.63) is 64.1 Å². The lowest BCUT2D eigenvalue weighted by molar-refractivity contribution is -0.123. The monoisotopic (exact) mass is 445 g/mol. The van der Waals surface area contributed by atoms with Gasteiger partial charge in [-0.3, -0.25) is 9.59 Å². The maximum absolute atomic E-state index is 11.9.